The predicted octanol–water partition coefficient (Wildman–Crippen LogP) is 2.40. The molecule has 0 aromatic carbocycles. The van der Waals surface area contributed by atoms with Crippen molar-refractivity contribution in [1.29, 1.82) is 0 Å². The van der Waals surface area contributed by atoms with Crippen molar-refractivity contribution < 1.29 is 5.11 Å². The maximum Gasteiger partial charge on any atom is 0.0547 e. The normalized spacial score (nSPS) is 34.0. The third-order valence-electron chi connectivity index (χ3n) is 3.31. The maximum atomic E-state index is 9.06. The number of aliphatic hydroxyl groups is 1. The summed E-state index contributed by atoms with van der Waals surface area (Å²) < 4.78 is 0. The van der Waals surface area contributed by atoms with E-state index in [0.717, 1.165) is 5.92 Å². The van der Waals surface area contributed by atoms with Crippen molar-refractivity contribution in [3.63, 3.8) is 0 Å². The summed E-state index contributed by atoms with van der Waals surface area (Å²) in [5, 5.41) is 9.96. The van der Waals surface area contributed by atoms with Crippen LogP contribution in [0.3, 0.4) is 0 Å². The van der Waals surface area contributed by atoms with Crippen LogP contribution in [0.2, 0.25) is 0 Å². The SMILES string of the molecule is CCCC1CCC(N)C(SC(C)CO)C1. The summed E-state index contributed by atoms with van der Waals surface area (Å²) in [7, 11) is 0. The second-order valence-corrected chi connectivity index (χ2v) is 6.48. The predicted molar refractivity (Wildman–Crippen MR) is 68.2 cm³/mol. The molecule has 1 aliphatic rings. The van der Waals surface area contributed by atoms with E-state index >= 15 is 0 Å². The molecule has 15 heavy (non-hydrogen) atoms. The minimum atomic E-state index is 0.270. The zero-order chi connectivity index (χ0) is 11.3. The first-order valence-electron chi connectivity index (χ1n) is 6.19. The average Bonchev–Trinajstić information content (AvgIpc) is 2.23. The van der Waals surface area contributed by atoms with E-state index in [-0.39, 0.29) is 6.61 Å². The van der Waals surface area contributed by atoms with Gasteiger partial charge in [-0.15, -0.1) is 0 Å². The molecule has 0 bridgehead atoms. The lowest BCUT2D eigenvalue weighted by atomic mass is 9.83. The van der Waals surface area contributed by atoms with E-state index in [2.05, 4.69) is 13.8 Å². The molecule has 0 saturated heterocycles. The van der Waals surface area contributed by atoms with Crippen LogP contribution in [0.15, 0.2) is 0 Å². The zero-order valence-corrected chi connectivity index (χ0v) is 10.8. The standard InChI is InChI=1S/C12H25NOS/c1-3-4-10-5-6-11(13)12(7-10)15-9(2)8-14/h9-12,14H,3-8,13H2,1-2H3. The minimum absolute atomic E-state index is 0.270. The second-order valence-electron chi connectivity index (χ2n) is 4.80. The van der Waals surface area contributed by atoms with E-state index in [1.54, 1.807) is 0 Å². The Balaban J connectivity index is 2.39. The molecular weight excluding hydrogens is 206 g/mol. The first-order chi connectivity index (χ1) is 7.17. The zero-order valence-electron chi connectivity index (χ0n) is 9.98. The summed E-state index contributed by atoms with van der Waals surface area (Å²) in [5.41, 5.74) is 6.14. The number of thioether (sulfide) groups is 1. The molecule has 2 nitrogen and oxygen atoms in total. The number of hydrogen-bond acceptors (Lipinski definition) is 3. The number of rotatable bonds is 5. The van der Waals surface area contributed by atoms with Gasteiger partial charge < -0.3 is 10.8 Å². The lowest BCUT2D eigenvalue weighted by Gasteiger charge is -2.34. The van der Waals surface area contributed by atoms with Crippen LogP contribution < -0.4 is 5.73 Å². The summed E-state index contributed by atoms with van der Waals surface area (Å²) in [6.07, 6.45) is 6.36. The summed E-state index contributed by atoms with van der Waals surface area (Å²) in [4.78, 5) is 0. The smallest absolute Gasteiger partial charge is 0.0547 e. The molecule has 0 radical (unpaired) electrons. The van der Waals surface area contributed by atoms with E-state index in [1.807, 2.05) is 11.8 Å². The van der Waals surface area contributed by atoms with Crippen LogP contribution in [0.25, 0.3) is 0 Å². The van der Waals surface area contributed by atoms with E-state index in [9.17, 15) is 0 Å². The summed E-state index contributed by atoms with van der Waals surface area (Å²) in [6.45, 7) is 4.61. The molecule has 0 aromatic heterocycles. The van der Waals surface area contributed by atoms with Crippen molar-refractivity contribution in [1.82, 2.24) is 0 Å². The Bertz CT molecular complexity index is 177. The highest BCUT2D eigenvalue weighted by atomic mass is 32.2. The Hall–Kier alpha value is 0.270. The van der Waals surface area contributed by atoms with Crippen molar-refractivity contribution in [2.75, 3.05) is 6.61 Å². The van der Waals surface area contributed by atoms with Crippen molar-refractivity contribution in [3.05, 3.63) is 0 Å². The van der Waals surface area contributed by atoms with Gasteiger partial charge in [-0.05, 0) is 25.2 Å². The van der Waals surface area contributed by atoms with Gasteiger partial charge in [0.25, 0.3) is 0 Å². The first kappa shape index (κ1) is 13.3. The molecule has 4 atom stereocenters. The summed E-state index contributed by atoms with van der Waals surface area (Å²) in [5.74, 6) is 0.873. The maximum absolute atomic E-state index is 9.06. The fraction of sp³-hybridized carbons (Fsp3) is 1.00. The van der Waals surface area contributed by atoms with E-state index < -0.39 is 0 Å². The fourth-order valence-corrected chi connectivity index (χ4v) is 3.81. The van der Waals surface area contributed by atoms with Crippen LogP contribution in [0.5, 0.6) is 0 Å². The Morgan fingerprint density at radius 3 is 2.80 bits per heavy atom. The highest BCUT2D eigenvalue weighted by Gasteiger charge is 2.29. The monoisotopic (exact) mass is 231 g/mol. The molecule has 0 aliphatic heterocycles. The van der Waals surface area contributed by atoms with Crippen LogP contribution in [-0.2, 0) is 0 Å². The fourth-order valence-electron chi connectivity index (χ4n) is 2.40. The van der Waals surface area contributed by atoms with Gasteiger partial charge in [0.05, 0.1) is 6.61 Å². The average molecular weight is 231 g/mol. The molecule has 0 amide bonds. The van der Waals surface area contributed by atoms with Gasteiger partial charge in [0, 0.05) is 16.5 Å². The van der Waals surface area contributed by atoms with Crippen LogP contribution in [0, 0.1) is 5.92 Å². The minimum Gasteiger partial charge on any atom is -0.395 e. The van der Waals surface area contributed by atoms with Crippen molar-refractivity contribution in [2.45, 2.75) is 62.5 Å². The molecular formula is C12H25NOS. The highest BCUT2D eigenvalue weighted by Crippen LogP contribution is 2.35. The van der Waals surface area contributed by atoms with Gasteiger partial charge in [0.1, 0.15) is 0 Å². The molecule has 1 aliphatic carbocycles. The van der Waals surface area contributed by atoms with E-state index in [1.165, 1.54) is 32.1 Å². The summed E-state index contributed by atoms with van der Waals surface area (Å²) in [6, 6.07) is 0.345. The van der Waals surface area contributed by atoms with Crippen molar-refractivity contribution >= 4 is 11.8 Å². The van der Waals surface area contributed by atoms with Crippen LogP contribution in [0.1, 0.15) is 46.0 Å². The second kappa shape index (κ2) is 6.77. The van der Waals surface area contributed by atoms with Gasteiger partial charge >= 0.3 is 0 Å². The largest absolute Gasteiger partial charge is 0.395 e. The van der Waals surface area contributed by atoms with Gasteiger partial charge in [-0.3, -0.25) is 0 Å². The van der Waals surface area contributed by atoms with Gasteiger partial charge in [-0.25, -0.2) is 0 Å². The molecule has 1 saturated carbocycles. The topological polar surface area (TPSA) is 46.2 Å². The molecule has 0 aromatic rings. The molecule has 0 spiro atoms. The highest BCUT2D eigenvalue weighted by molar-refractivity contribution is 8.00. The molecule has 1 fully saturated rings. The third-order valence-corrected chi connectivity index (χ3v) is 4.82. The quantitative estimate of drug-likeness (QED) is 0.764. The van der Waals surface area contributed by atoms with Crippen LogP contribution >= 0.6 is 11.8 Å². The van der Waals surface area contributed by atoms with Gasteiger partial charge in [0.15, 0.2) is 0 Å². The molecule has 3 heteroatoms. The third kappa shape index (κ3) is 4.33. The molecule has 4 unspecified atom stereocenters. The van der Waals surface area contributed by atoms with Gasteiger partial charge in [0.2, 0.25) is 0 Å². The van der Waals surface area contributed by atoms with Crippen molar-refractivity contribution in [2.24, 2.45) is 11.7 Å². The Labute approximate surface area is 98.0 Å². The first-order valence-corrected chi connectivity index (χ1v) is 7.13. The lowest BCUT2D eigenvalue weighted by Crippen LogP contribution is -2.39. The van der Waals surface area contributed by atoms with Crippen molar-refractivity contribution in [3.8, 4) is 0 Å². The Morgan fingerprint density at radius 2 is 2.20 bits per heavy atom. The number of aliphatic hydroxyl groups excluding tert-OH is 1. The molecule has 3 N–H and O–H groups in total. The molecule has 0 heterocycles. The lowest BCUT2D eigenvalue weighted by molar-refractivity contribution is 0.295. The van der Waals surface area contributed by atoms with E-state index in [0.29, 0.717) is 16.5 Å². The number of hydrogen-bond donors (Lipinski definition) is 2. The van der Waals surface area contributed by atoms with E-state index in [4.69, 9.17) is 10.8 Å². The van der Waals surface area contributed by atoms with Crippen LogP contribution in [0.4, 0.5) is 0 Å². The molecule has 1 rings (SSSR count). The summed E-state index contributed by atoms with van der Waals surface area (Å²) >= 11 is 1.88. The Kier molecular flexibility index (Phi) is 6.02. The van der Waals surface area contributed by atoms with Gasteiger partial charge in [-0.2, -0.15) is 11.8 Å². The molecule has 90 valence electrons. The van der Waals surface area contributed by atoms with Crippen LogP contribution in [-0.4, -0.2) is 28.3 Å². The Morgan fingerprint density at radius 1 is 1.47 bits per heavy atom. The number of nitrogens with two attached hydrogens (primary N) is 1. The van der Waals surface area contributed by atoms with Gasteiger partial charge in [-0.1, -0.05) is 26.7 Å².